The van der Waals surface area contributed by atoms with Gasteiger partial charge < -0.3 is 9.64 Å². The Hall–Kier alpha value is -0.950. The Labute approximate surface area is 115 Å². The third-order valence-corrected chi connectivity index (χ3v) is 4.17. The first kappa shape index (κ1) is 16.1. The van der Waals surface area contributed by atoms with Crippen LogP contribution in [0, 0.1) is 0 Å². The molecule has 108 valence electrons. The number of hydrogen-bond acceptors (Lipinski definition) is 4. The second kappa shape index (κ2) is 7.59. The van der Waals surface area contributed by atoms with Gasteiger partial charge in [-0.2, -0.15) is 0 Å². The number of benzene rings is 1. The molecule has 0 fully saturated rings. The molecule has 1 N–H and O–H groups in total. The maximum atomic E-state index is 11.7. The summed E-state index contributed by atoms with van der Waals surface area (Å²) >= 11 is 0. The van der Waals surface area contributed by atoms with E-state index in [0.29, 0.717) is 6.54 Å². The number of rotatable bonds is 8. The summed E-state index contributed by atoms with van der Waals surface area (Å²) in [7, 11) is 2.07. The molecular formula is C13H22N2O3S. The summed E-state index contributed by atoms with van der Waals surface area (Å²) in [6.45, 7) is 0.552. The Kier molecular flexibility index (Phi) is 6.44. The van der Waals surface area contributed by atoms with Crippen LogP contribution in [0.5, 0.6) is 0 Å². The van der Waals surface area contributed by atoms with E-state index in [9.17, 15) is 8.42 Å². The van der Waals surface area contributed by atoms with Crippen LogP contribution in [-0.2, 0) is 14.8 Å². The van der Waals surface area contributed by atoms with E-state index in [2.05, 4.69) is 4.72 Å². The molecule has 0 amide bonds. The van der Waals surface area contributed by atoms with E-state index in [1.165, 1.54) is 7.11 Å². The van der Waals surface area contributed by atoms with Crippen molar-refractivity contribution in [2.45, 2.75) is 6.04 Å². The number of methoxy groups -OCH3 is 1. The molecule has 0 aliphatic heterocycles. The van der Waals surface area contributed by atoms with Gasteiger partial charge in [-0.3, -0.25) is 0 Å². The number of nitrogens with zero attached hydrogens (tertiary/aromatic N) is 1. The number of likely N-dealkylation sites (N-methyl/N-ethyl adjacent to an activating group) is 1. The van der Waals surface area contributed by atoms with Gasteiger partial charge in [-0.05, 0) is 19.7 Å². The topological polar surface area (TPSA) is 58.6 Å². The highest BCUT2D eigenvalue weighted by atomic mass is 32.2. The molecule has 0 radical (unpaired) electrons. The quantitative estimate of drug-likeness (QED) is 0.770. The van der Waals surface area contributed by atoms with Crippen molar-refractivity contribution in [1.29, 1.82) is 0 Å². The molecule has 0 bridgehead atoms. The lowest BCUT2D eigenvalue weighted by molar-refractivity contribution is 0.216. The average Bonchev–Trinajstić information content (AvgIpc) is 2.37. The van der Waals surface area contributed by atoms with Gasteiger partial charge in [0.05, 0.1) is 12.4 Å². The maximum absolute atomic E-state index is 11.7. The number of ether oxygens (including phenoxy) is 1. The molecule has 0 saturated heterocycles. The van der Waals surface area contributed by atoms with Crippen molar-refractivity contribution in [2.24, 2.45) is 0 Å². The molecule has 1 atom stereocenters. The van der Waals surface area contributed by atoms with E-state index in [1.807, 2.05) is 49.3 Å². The SMILES string of the molecule is COCCS(=O)(=O)NC[C@@H](c1ccccc1)N(C)C. The summed E-state index contributed by atoms with van der Waals surface area (Å²) in [4.78, 5) is 1.99. The van der Waals surface area contributed by atoms with Gasteiger partial charge in [-0.1, -0.05) is 30.3 Å². The Bertz CT molecular complexity index is 460. The maximum Gasteiger partial charge on any atom is 0.213 e. The molecule has 0 unspecified atom stereocenters. The van der Waals surface area contributed by atoms with Crippen LogP contribution in [0.2, 0.25) is 0 Å². The lowest BCUT2D eigenvalue weighted by Crippen LogP contribution is -2.36. The summed E-state index contributed by atoms with van der Waals surface area (Å²) in [5.74, 6) is -0.0154. The third-order valence-electron chi connectivity index (χ3n) is 2.86. The molecule has 1 rings (SSSR count). The summed E-state index contributed by atoms with van der Waals surface area (Å²) in [6, 6.07) is 9.84. The van der Waals surface area contributed by atoms with Gasteiger partial charge in [0.1, 0.15) is 0 Å². The van der Waals surface area contributed by atoms with Crippen LogP contribution < -0.4 is 4.72 Å². The third kappa shape index (κ3) is 5.69. The highest BCUT2D eigenvalue weighted by Crippen LogP contribution is 2.16. The Balaban J connectivity index is 2.66. The number of hydrogen-bond donors (Lipinski definition) is 1. The standard InChI is InChI=1S/C13H22N2O3S/c1-15(2)13(12-7-5-4-6-8-12)11-14-19(16,17)10-9-18-3/h4-8,13-14H,9-11H2,1-3H3/t13-/m0/s1. The van der Waals surface area contributed by atoms with E-state index in [1.54, 1.807) is 0 Å². The molecule has 0 aliphatic carbocycles. The van der Waals surface area contributed by atoms with Crippen molar-refractivity contribution in [3.63, 3.8) is 0 Å². The monoisotopic (exact) mass is 286 g/mol. The van der Waals surface area contributed by atoms with Gasteiger partial charge in [0.25, 0.3) is 0 Å². The van der Waals surface area contributed by atoms with Crippen LogP contribution in [0.15, 0.2) is 30.3 Å². The van der Waals surface area contributed by atoms with Gasteiger partial charge in [0.15, 0.2) is 0 Å². The van der Waals surface area contributed by atoms with Crippen molar-refractivity contribution in [2.75, 3.05) is 40.1 Å². The van der Waals surface area contributed by atoms with Gasteiger partial charge in [-0.25, -0.2) is 13.1 Å². The van der Waals surface area contributed by atoms with Crippen molar-refractivity contribution in [3.05, 3.63) is 35.9 Å². The normalized spacial score (nSPS) is 13.7. The van der Waals surface area contributed by atoms with Crippen LogP contribution in [0.3, 0.4) is 0 Å². The van der Waals surface area contributed by atoms with Gasteiger partial charge in [-0.15, -0.1) is 0 Å². The Morgan fingerprint density at radius 3 is 2.42 bits per heavy atom. The molecule has 0 heterocycles. The first-order chi connectivity index (χ1) is 8.96. The minimum atomic E-state index is -3.28. The Morgan fingerprint density at radius 2 is 1.89 bits per heavy atom. The van der Waals surface area contributed by atoms with Crippen LogP contribution in [-0.4, -0.2) is 53.4 Å². The van der Waals surface area contributed by atoms with Gasteiger partial charge in [0.2, 0.25) is 10.0 Å². The zero-order chi connectivity index (χ0) is 14.3. The van der Waals surface area contributed by atoms with Crippen LogP contribution in [0.25, 0.3) is 0 Å². The van der Waals surface area contributed by atoms with Crippen molar-refractivity contribution in [1.82, 2.24) is 9.62 Å². The molecule has 19 heavy (non-hydrogen) atoms. The van der Waals surface area contributed by atoms with Gasteiger partial charge in [0, 0.05) is 19.7 Å². The fourth-order valence-corrected chi connectivity index (χ4v) is 2.69. The van der Waals surface area contributed by atoms with Crippen molar-refractivity contribution >= 4 is 10.0 Å². The van der Waals surface area contributed by atoms with E-state index in [4.69, 9.17) is 4.74 Å². The average molecular weight is 286 g/mol. The molecule has 0 aromatic heterocycles. The first-order valence-corrected chi connectivity index (χ1v) is 7.79. The lowest BCUT2D eigenvalue weighted by Gasteiger charge is -2.25. The minimum Gasteiger partial charge on any atom is -0.384 e. The molecule has 1 aromatic rings. The number of sulfonamides is 1. The van der Waals surface area contributed by atoms with E-state index >= 15 is 0 Å². The summed E-state index contributed by atoms with van der Waals surface area (Å²) in [5, 5.41) is 0. The predicted octanol–water partition coefficient (Wildman–Crippen LogP) is 0.855. The van der Waals surface area contributed by atoms with Gasteiger partial charge >= 0.3 is 0 Å². The zero-order valence-corrected chi connectivity index (χ0v) is 12.5. The zero-order valence-electron chi connectivity index (χ0n) is 11.7. The summed E-state index contributed by atoms with van der Waals surface area (Å²) < 4.78 is 30.9. The lowest BCUT2D eigenvalue weighted by atomic mass is 10.1. The van der Waals surface area contributed by atoms with E-state index < -0.39 is 10.0 Å². The highest BCUT2D eigenvalue weighted by Gasteiger charge is 2.17. The van der Waals surface area contributed by atoms with Crippen LogP contribution in [0.4, 0.5) is 0 Å². The second-order valence-electron chi connectivity index (χ2n) is 4.55. The molecule has 5 nitrogen and oxygen atoms in total. The number of nitrogens with one attached hydrogen (secondary N) is 1. The van der Waals surface area contributed by atoms with E-state index in [0.717, 1.165) is 5.56 Å². The highest BCUT2D eigenvalue weighted by molar-refractivity contribution is 7.89. The van der Waals surface area contributed by atoms with Crippen LogP contribution in [0.1, 0.15) is 11.6 Å². The molecule has 6 heteroatoms. The smallest absolute Gasteiger partial charge is 0.213 e. The van der Waals surface area contributed by atoms with E-state index in [-0.39, 0.29) is 18.4 Å². The summed E-state index contributed by atoms with van der Waals surface area (Å²) in [5.41, 5.74) is 1.09. The first-order valence-electron chi connectivity index (χ1n) is 6.14. The summed E-state index contributed by atoms with van der Waals surface area (Å²) in [6.07, 6.45) is 0. The second-order valence-corrected chi connectivity index (χ2v) is 6.48. The van der Waals surface area contributed by atoms with Crippen molar-refractivity contribution in [3.8, 4) is 0 Å². The minimum absolute atomic E-state index is 0.0125. The molecule has 0 spiro atoms. The predicted molar refractivity (Wildman–Crippen MR) is 76.5 cm³/mol. The van der Waals surface area contributed by atoms with Crippen LogP contribution >= 0.6 is 0 Å². The molecular weight excluding hydrogens is 264 g/mol. The largest absolute Gasteiger partial charge is 0.384 e. The fraction of sp³-hybridized carbons (Fsp3) is 0.538. The molecule has 0 saturated carbocycles. The van der Waals surface area contributed by atoms with Crippen molar-refractivity contribution < 1.29 is 13.2 Å². The fourth-order valence-electron chi connectivity index (χ4n) is 1.74. The molecule has 0 aliphatic rings. The Morgan fingerprint density at radius 1 is 1.26 bits per heavy atom. The molecule has 1 aromatic carbocycles.